The predicted molar refractivity (Wildman–Crippen MR) is 67.8 cm³/mol. The Morgan fingerprint density at radius 2 is 2.00 bits per heavy atom. The standard InChI is InChI=1S/C13H18FN3O/c1-4-13(18,5-2)8-17-12-7-10(14)9(3)6-11(12)15-16-17/h6-7,18H,4-5,8H2,1-3H3. The molecular formula is C13H18FN3O. The SMILES string of the molecule is CCC(O)(CC)Cn1nnc2cc(C)c(F)cc21. The lowest BCUT2D eigenvalue weighted by Crippen LogP contribution is -2.33. The summed E-state index contributed by atoms with van der Waals surface area (Å²) in [5, 5.41) is 18.3. The summed E-state index contributed by atoms with van der Waals surface area (Å²) >= 11 is 0. The zero-order valence-electron chi connectivity index (χ0n) is 10.9. The molecule has 1 aromatic heterocycles. The van der Waals surface area contributed by atoms with Gasteiger partial charge in [-0.1, -0.05) is 19.1 Å². The Labute approximate surface area is 105 Å². The van der Waals surface area contributed by atoms with Crippen molar-refractivity contribution < 1.29 is 9.50 Å². The molecule has 2 rings (SSSR count). The average molecular weight is 251 g/mol. The highest BCUT2D eigenvalue weighted by atomic mass is 19.1. The lowest BCUT2D eigenvalue weighted by atomic mass is 9.97. The predicted octanol–water partition coefficient (Wildman–Crippen LogP) is 2.43. The first-order valence-corrected chi connectivity index (χ1v) is 6.21. The molecule has 4 nitrogen and oxygen atoms in total. The Kier molecular flexibility index (Phi) is 3.34. The van der Waals surface area contributed by atoms with Crippen LogP contribution in [0.2, 0.25) is 0 Å². The maximum atomic E-state index is 13.6. The lowest BCUT2D eigenvalue weighted by Gasteiger charge is -2.24. The van der Waals surface area contributed by atoms with E-state index >= 15 is 0 Å². The first-order valence-electron chi connectivity index (χ1n) is 6.21. The Morgan fingerprint density at radius 3 is 2.61 bits per heavy atom. The van der Waals surface area contributed by atoms with Gasteiger partial charge in [0.1, 0.15) is 11.3 Å². The second-order valence-corrected chi connectivity index (χ2v) is 4.77. The molecule has 0 radical (unpaired) electrons. The first kappa shape index (κ1) is 13.0. The van der Waals surface area contributed by atoms with Crippen molar-refractivity contribution >= 4 is 11.0 Å². The van der Waals surface area contributed by atoms with Crippen molar-refractivity contribution in [2.45, 2.75) is 45.8 Å². The van der Waals surface area contributed by atoms with E-state index < -0.39 is 5.60 Å². The monoisotopic (exact) mass is 251 g/mol. The van der Waals surface area contributed by atoms with E-state index in [9.17, 15) is 9.50 Å². The first-order chi connectivity index (χ1) is 8.49. The number of nitrogens with zero attached hydrogens (tertiary/aromatic N) is 3. The number of fused-ring (bicyclic) bond motifs is 1. The Bertz CT molecular complexity index is 561. The van der Waals surface area contributed by atoms with Gasteiger partial charge in [-0.15, -0.1) is 5.10 Å². The van der Waals surface area contributed by atoms with Crippen molar-refractivity contribution in [3.05, 3.63) is 23.5 Å². The van der Waals surface area contributed by atoms with Crippen LogP contribution >= 0.6 is 0 Å². The molecule has 0 atom stereocenters. The summed E-state index contributed by atoms with van der Waals surface area (Å²) in [6, 6.07) is 3.10. The van der Waals surface area contributed by atoms with Crippen molar-refractivity contribution in [1.82, 2.24) is 15.0 Å². The van der Waals surface area contributed by atoms with E-state index in [0.29, 0.717) is 36.0 Å². The molecule has 0 bridgehead atoms. The summed E-state index contributed by atoms with van der Waals surface area (Å²) in [5.41, 5.74) is 1.01. The molecule has 1 N–H and O–H groups in total. The number of halogens is 1. The number of aromatic nitrogens is 3. The van der Waals surface area contributed by atoms with Crippen molar-refractivity contribution in [3.8, 4) is 0 Å². The fraction of sp³-hybridized carbons (Fsp3) is 0.538. The van der Waals surface area contributed by atoms with Crippen LogP contribution in [-0.4, -0.2) is 25.7 Å². The molecular weight excluding hydrogens is 233 g/mol. The summed E-state index contributed by atoms with van der Waals surface area (Å²) in [5.74, 6) is -0.275. The van der Waals surface area contributed by atoms with Crippen LogP contribution in [0.4, 0.5) is 4.39 Å². The summed E-state index contributed by atoms with van der Waals surface area (Å²) < 4.78 is 15.1. The molecule has 98 valence electrons. The molecule has 0 unspecified atom stereocenters. The van der Waals surface area contributed by atoms with Crippen LogP contribution < -0.4 is 0 Å². The van der Waals surface area contributed by atoms with Crippen LogP contribution in [0.3, 0.4) is 0 Å². The molecule has 18 heavy (non-hydrogen) atoms. The number of aliphatic hydroxyl groups is 1. The molecule has 2 aromatic rings. The molecule has 0 saturated carbocycles. The van der Waals surface area contributed by atoms with Crippen LogP contribution in [0.15, 0.2) is 12.1 Å². The van der Waals surface area contributed by atoms with Gasteiger partial charge in [0.25, 0.3) is 0 Å². The Hall–Kier alpha value is -1.49. The van der Waals surface area contributed by atoms with Gasteiger partial charge in [0.15, 0.2) is 0 Å². The lowest BCUT2D eigenvalue weighted by molar-refractivity contribution is 0.0125. The second kappa shape index (κ2) is 4.65. The molecule has 0 aliphatic rings. The molecule has 5 heteroatoms. The third kappa shape index (κ3) is 2.22. The third-order valence-electron chi connectivity index (χ3n) is 3.55. The van der Waals surface area contributed by atoms with Crippen molar-refractivity contribution in [3.63, 3.8) is 0 Å². The number of hydrogen-bond acceptors (Lipinski definition) is 3. The molecule has 0 amide bonds. The highest BCUT2D eigenvalue weighted by Crippen LogP contribution is 2.21. The van der Waals surface area contributed by atoms with Crippen LogP contribution in [-0.2, 0) is 6.54 Å². The maximum absolute atomic E-state index is 13.6. The molecule has 1 aromatic carbocycles. The van der Waals surface area contributed by atoms with Crippen LogP contribution in [0.25, 0.3) is 11.0 Å². The summed E-state index contributed by atoms with van der Waals surface area (Å²) in [7, 11) is 0. The summed E-state index contributed by atoms with van der Waals surface area (Å²) in [6.45, 7) is 5.88. The van der Waals surface area contributed by atoms with Crippen LogP contribution in [0, 0.1) is 12.7 Å². The molecule has 0 aliphatic carbocycles. The molecule has 0 aliphatic heterocycles. The third-order valence-corrected chi connectivity index (χ3v) is 3.55. The fourth-order valence-electron chi connectivity index (χ4n) is 1.96. The van der Waals surface area contributed by atoms with Gasteiger partial charge in [-0.2, -0.15) is 0 Å². The number of aryl methyl sites for hydroxylation is 1. The number of benzene rings is 1. The topological polar surface area (TPSA) is 50.9 Å². The number of rotatable bonds is 4. The van der Waals surface area contributed by atoms with Gasteiger partial charge in [0.05, 0.1) is 17.7 Å². The van der Waals surface area contributed by atoms with Gasteiger partial charge in [-0.3, -0.25) is 0 Å². The van der Waals surface area contributed by atoms with Gasteiger partial charge >= 0.3 is 0 Å². The van der Waals surface area contributed by atoms with E-state index in [0.717, 1.165) is 0 Å². The second-order valence-electron chi connectivity index (χ2n) is 4.77. The minimum atomic E-state index is -0.817. The Morgan fingerprint density at radius 1 is 1.33 bits per heavy atom. The van der Waals surface area contributed by atoms with Gasteiger partial charge in [0, 0.05) is 6.07 Å². The maximum Gasteiger partial charge on any atom is 0.128 e. The Balaban J connectivity index is 2.43. The largest absolute Gasteiger partial charge is 0.388 e. The average Bonchev–Trinajstić information content (AvgIpc) is 2.72. The smallest absolute Gasteiger partial charge is 0.128 e. The quantitative estimate of drug-likeness (QED) is 0.908. The molecule has 0 saturated heterocycles. The van der Waals surface area contributed by atoms with Crippen LogP contribution in [0.1, 0.15) is 32.3 Å². The minimum Gasteiger partial charge on any atom is -0.388 e. The van der Waals surface area contributed by atoms with E-state index in [-0.39, 0.29) is 5.82 Å². The van der Waals surface area contributed by atoms with Gasteiger partial charge < -0.3 is 5.11 Å². The van der Waals surface area contributed by atoms with E-state index in [1.165, 1.54) is 6.07 Å². The highest BCUT2D eigenvalue weighted by Gasteiger charge is 2.24. The molecule has 1 heterocycles. The normalized spacial score (nSPS) is 12.3. The van der Waals surface area contributed by atoms with Crippen LogP contribution in [0.5, 0.6) is 0 Å². The highest BCUT2D eigenvalue weighted by molar-refractivity contribution is 5.75. The van der Waals surface area contributed by atoms with E-state index in [1.54, 1.807) is 17.7 Å². The van der Waals surface area contributed by atoms with Gasteiger partial charge in [0.2, 0.25) is 0 Å². The van der Waals surface area contributed by atoms with E-state index in [4.69, 9.17) is 0 Å². The zero-order valence-corrected chi connectivity index (χ0v) is 10.9. The van der Waals surface area contributed by atoms with Crippen molar-refractivity contribution in [1.29, 1.82) is 0 Å². The zero-order chi connectivity index (χ0) is 13.3. The fourth-order valence-corrected chi connectivity index (χ4v) is 1.96. The van der Waals surface area contributed by atoms with Crippen molar-refractivity contribution in [2.24, 2.45) is 0 Å². The molecule has 0 spiro atoms. The minimum absolute atomic E-state index is 0.275. The van der Waals surface area contributed by atoms with E-state index in [1.807, 2.05) is 13.8 Å². The molecule has 0 fully saturated rings. The number of hydrogen-bond donors (Lipinski definition) is 1. The van der Waals surface area contributed by atoms with E-state index in [2.05, 4.69) is 10.3 Å². The van der Waals surface area contributed by atoms with Crippen molar-refractivity contribution in [2.75, 3.05) is 0 Å². The summed E-state index contributed by atoms with van der Waals surface area (Å²) in [6.07, 6.45) is 1.25. The summed E-state index contributed by atoms with van der Waals surface area (Å²) in [4.78, 5) is 0. The van der Waals surface area contributed by atoms with Gasteiger partial charge in [-0.05, 0) is 31.4 Å². The van der Waals surface area contributed by atoms with Gasteiger partial charge in [-0.25, -0.2) is 9.07 Å².